The second-order valence-corrected chi connectivity index (χ2v) is 7.21. The Bertz CT molecular complexity index is 1080. The highest BCUT2D eigenvalue weighted by molar-refractivity contribution is 6.03. The van der Waals surface area contributed by atoms with Gasteiger partial charge in [0.15, 0.2) is 12.4 Å². The zero-order chi connectivity index (χ0) is 22.8. The molecule has 0 unspecified atom stereocenters. The van der Waals surface area contributed by atoms with Gasteiger partial charge in [-0.05, 0) is 30.2 Å². The molecule has 164 valence electrons. The molecule has 0 fully saturated rings. The highest BCUT2D eigenvalue weighted by Crippen LogP contribution is 2.19. The van der Waals surface area contributed by atoms with Crippen molar-refractivity contribution in [2.24, 2.45) is 0 Å². The van der Waals surface area contributed by atoms with Crippen molar-refractivity contribution >= 4 is 23.3 Å². The summed E-state index contributed by atoms with van der Waals surface area (Å²) in [5, 5.41) is 5.48. The van der Waals surface area contributed by atoms with Crippen LogP contribution in [0.5, 0.6) is 5.75 Å². The van der Waals surface area contributed by atoms with E-state index in [2.05, 4.69) is 17.6 Å². The maximum Gasteiger partial charge on any atom is 0.262 e. The molecular formula is C26H26N2O4. The van der Waals surface area contributed by atoms with E-state index in [1.165, 1.54) is 0 Å². The van der Waals surface area contributed by atoms with Crippen LogP contribution in [0, 0.1) is 0 Å². The van der Waals surface area contributed by atoms with Crippen LogP contribution in [0.2, 0.25) is 0 Å². The lowest BCUT2D eigenvalue weighted by Crippen LogP contribution is -2.30. The topological polar surface area (TPSA) is 84.5 Å². The first-order valence-electron chi connectivity index (χ1n) is 10.5. The molecule has 0 aliphatic heterocycles. The first kappa shape index (κ1) is 22.7. The lowest BCUT2D eigenvalue weighted by atomic mass is 10.1. The summed E-state index contributed by atoms with van der Waals surface area (Å²) in [6.07, 6.45) is 1.83. The largest absolute Gasteiger partial charge is 0.483 e. The number of aryl methyl sites for hydroxylation is 1. The summed E-state index contributed by atoms with van der Waals surface area (Å²) in [6.45, 7) is 1.71. The Morgan fingerprint density at radius 3 is 2.31 bits per heavy atom. The van der Waals surface area contributed by atoms with Gasteiger partial charge in [0.25, 0.3) is 11.8 Å². The normalized spacial score (nSPS) is 10.3. The van der Waals surface area contributed by atoms with Gasteiger partial charge in [-0.25, -0.2) is 0 Å². The van der Waals surface area contributed by atoms with Crippen LogP contribution in [0.1, 0.15) is 39.6 Å². The van der Waals surface area contributed by atoms with Gasteiger partial charge in [-0.2, -0.15) is 0 Å². The molecule has 0 saturated heterocycles. The second kappa shape index (κ2) is 11.5. The van der Waals surface area contributed by atoms with Crippen molar-refractivity contribution in [2.75, 3.05) is 18.5 Å². The molecule has 6 nitrogen and oxygen atoms in total. The molecule has 0 saturated carbocycles. The Morgan fingerprint density at radius 2 is 1.53 bits per heavy atom. The van der Waals surface area contributed by atoms with Gasteiger partial charge in [-0.1, -0.05) is 74.0 Å². The average molecular weight is 431 g/mol. The molecule has 6 heteroatoms. The maximum atomic E-state index is 12.6. The number of hydrogen-bond donors (Lipinski definition) is 2. The van der Waals surface area contributed by atoms with Gasteiger partial charge < -0.3 is 15.4 Å². The summed E-state index contributed by atoms with van der Waals surface area (Å²) in [7, 11) is 0. The molecule has 3 aromatic rings. The van der Waals surface area contributed by atoms with E-state index < -0.39 is 5.91 Å². The van der Waals surface area contributed by atoms with Crippen LogP contribution in [0.25, 0.3) is 0 Å². The van der Waals surface area contributed by atoms with Crippen LogP contribution in [0.15, 0.2) is 78.9 Å². The van der Waals surface area contributed by atoms with Gasteiger partial charge in [-0.3, -0.25) is 14.4 Å². The molecule has 0 heterocycles. The van der Waals surface area contributed by atoms with Crippen LogP contribution in [-0.2, 0) is 11.2 Å². The van der Waals surface area contributed by atoms with E-state index in [0.29, 0.717) is 5.56 Å². The first-order valence-corrected chi connectivity index (χ1v) is 10.5. The number of carbonyl (C=O) groups excluding carboxylic acids is 3. The predicted octanol–water partition coefficient (Wildman–Crippen LogP) is 4.27. The number of nitrogens with one attached hydrogen (secondary N) is 2. The minimum absolute atomic E-state index is 0.133. The summed E-state index contributed by atoms with van der Waals surface area (Å²) in [5.41, 5.74) is 2.60. The summed E-state index contributed by atoms with van der Waals surface area (Å²) in [6, 6.07) is 23.0. The van der Waals surface area contributed by atoms with Gasteiger partial charge in [0.1, 0.15) is 5.75 Å². The zero-order valence-corrected chi connectivity index (χ0v) is 18.0. The number of hydrogen-bond acceptors (Lipinski definition) is 4. The Kier molecular flexibility index (Phi) is 8.15. The van der Waals surface area contributed by atoms with Crippen molar-refractivity contribution < 1.29 is 19.1 Å². The summed E-state index contributed by atoms with van der Waals surface area (Å²) in [5.74, 6) is -0.682. The van der Waals surface area contributed by atoms with Crippen molar-refractivity contribution in [1.82, 2.24) is 5.32 Å². The smallest absolute Gasteiger partial charge is 0.262 e. The molecule has 0 radical (unpaired) electrons. The van der Waals surface area contributed by atoms with Crippen LogP contribution in [-0.4, -0.2) is 30.7 Å². The Hall–Kier alpha value is -3.93. The number of amides is 2. The monoisotopic (exact) mass is 430 g/mol. The third-order valence-corrected chi connectivity index (χ3v) is 4.81. The van der Waals surface area contributed by atoms with Crippen molar-refractivity contribution in [3.63, 3.8) is 0 Å². The van der Waals surface area contributed by atoms with Gasteiger partial charge in [0.05, 0.1) is 12.1 Å². The van der Waals surface area contributed by atoms with Crippen LogP contribution < -0.4 is 15.4 Å². The molecule has 2 N–H and O–H groups in total. The average Bonchev–Trinajstić information content (AvgIpc) is 2.83. The third-order valence-electron chi connectivity index (χ3n) is 4.81. The molecule has 0 aromatic heterocycles. The van der Waals surface area contributed by atoms with E-state index in [-0.39, 0.29) is 36.2 Å². The highest BCUT2D eigenvalue weighted by atomic mass is 16.5. The maximum absolute atomic E-state index is 12.6. The van der Waals surface area contributed by atoms with Crippen LogP contribution in [0.3, 0.4) is 0 Å². The van der Waals surface area contributed by atoms with Crippen LogP contribution in [0.4, 0.5) is 5.69 Å². The molecule has 3 rings (SSSR count). The third kappa shape index (κ3) is 6.28. The number of para-hydroxylation sites is 2. The van der Waals surface area contributed by atoms with E-state index in [4.69, 9.17) is 4.74 Å². The van der Waals surface area contributed by atoms with Gasteiger partial charge in [-0.15, -0.1) is 0 Å². The predicted molar refractivity (Wildman–Crippen MR) is 124 cm³/mol. The van der Waals surface area contributed by atoms with E-state index >= 15 is 0 Å². The van der Waals surface area contributed by atoms with Crippen molar-refractivity contribution in [2.45, 2.75) is 19.8 Å². The fourth-order valence-electron chi connectivity index (χ4n) is 3.22. The number of ketones is 1. The quantitative estimate of drug-likeness (QED) is 0.471. The summed E-state index contributed by atoms with van der Waals surface area (Å²) >= 11 is 0. The van der Waals surface area contributed by atoms with E-state index in [9.17, 15) is 14.4 Å². The molecule has 3 aromatic carbocycles. The number of benzene rings is 3. The number of carbonyl (C=O) groups is 3. The Labute approximate surface area is 187 Å². The molecule has 0 bridgehead atoms. The van der Waals surface area contributed by atoms with Crippen LogP contribution >= 0.6 is 0 Å². The highest BCUT2D eigenvalue weighted by Gasteiger charge is 2.15. The number of ether oxygens (including phenoxy) is 1. The lowest BCUT2D eigenvalue weighted by Gasteiger charge is -2.13. The molecule has 0 atom stereocenters. The molecule has 0 spiro atoms. The number of rotatable bonds is 10. The Balaban J connectivity index is 1.58. The fourth-order valence-corrected chi connectivity index (χ4v) is 3.22. The first-order chi connectivity index (χ1) is 15.6. The summed E-state index contributed by atoms with van der Waals surface area (Å²) < 4.78 is 5.63. The zero-order valence-electron chi connectivity index (χ0n) is 18.0. The lowest BCUT2D eigenvalue weighted by molar-refractivity contribution is -0.118. The van der Waals surface area contributed by atoms with E-state index in [1.807, 2.05) is 30.3 Å². The molecule has 32 heavy (non-hydrogen) atoms. The molecule has 0 aliphatic rings. The summed E-state index contributed by atoms with van der Waals surface area (Å²) in [4.78, 5) is 37.3. The van der Waals surface area contributed by atoms with E-state index in [1.54, 1.807) is 48.5 Å². The van der Waals surface area contributed by atoms with Crippen molar-refractivity contribution in [3.8, 4) is 5.75 Å². The standard InChI is InChI=1S/C26H26N2O4/c1-2-10-19-11-6-8-15-22(19)28-25(30)18-32-24-16-9-7-14-21(24)26(31)27-17-23(29)20-12-4-3-5-13-20/h3-9,11-16H,2,10,17-18H2,1H3,(H,27,31)(H,28,30). The number of Topliss-reactive ketones (excluding diaryl/α,β-unsaturated/α-hetero) is 1. The van der Waals surface area contributed by atoms with E-state index in [0.717, 1.165) is 24.1 Å². The van der Waals surface area contributed by atoms with Crippen molar-refractivity contribution in [3.05, 3.63) is 95.6 Å². The van der Waals surface area contributed by atoms with Crippen molar-refractivity contribution in [1.29, 1.82) is 0 Å². The van der Waals surface area contributed by atoms with Gasteiger partial charge in [0.2, 0.25) is 0 Å². The second-order valence-electron chi connectivity index (χ2n) is 7.21. The minimum Gasteiger partial charge on any atom is -0.483 e. The van der Waals surface area contributed by atoms with Gasteiger partial charge in [0, 0.05) is 11.3 Å². The molecule has 2 amide bonds. The molecule has 0 aliphatic carbocycles. The fraction of sp³-hybridized carbons (Fsp3) is 0.192. The number of anilines is 1. The SMILES string of the molecule is CCCc1ccccc1NC(=O)COc1ccccc1C(=O)NCC(=O)c1ccccc1. The minimum atomic E-state index is -0.446. The Morgan fingerprint density at radius 1 is 0.844 bits per heavy atom. The molecular weight excluding hydrogens is 404 g/mol. The van der Waals surface area contributed by atoms with Gasteiger partial charge >= 0.3 is 0 Å².